The summed E-state index contributed by atoms with van der Waals surface area (Å²) in [7, 11) is 0. The van der Waals surface area contributed by atoms with Crippen LogP contribution in [0, 0.1) is 13.8 Å². The van der Waals surface area contributed by atoms with Crippen LogP contribution in [-0.4, -0.2) is 102 Å². The van der Waals surface area contributed by atoms with Crippen LogP contribution in [0.5, 0.6) is 5.75 Å². The standard InChI is InChI=1S/C44H52N12O11/c1-7-28-35(66-24(5)49-28)40(60)53-43-51-30-19-26(37(45)58)21-32(64-16-12-17-65-42(62)23(4)48-33(57)13-18-63-9-3)34(30)55(43)14-10-11-15-56-39-31(20-27(22-47-39)38(46)59)52-44(56)54-41(61)36-29(8-2)50-25(6)67-36/h10-11,19-23H,7-9,12-18H2,1-6H3,(H2,45,58)(H2,46,59)(H,48,57)(H,51,53,60)(H,52,54,61)/b11-10+. The van der Waals surface area contributed by atoms with Crippen molar-refractivity contribution in [3.05, 3.63) is 82.4 Å². The number of primary amides is 2. The molecule has 23 nitrogen and oxygen atoms in total. The zero-order valence-electron chi connectivity index (χ0n) is 37.9. The van der Waals surface area contributed by atoms with Crippen molar-refractivity contribution in [2.24, 2.45) is 11.5 Å². The molecule has 354 valence electrons. The van der Waals surface area contributed by atoms with Gasteiger partial charge in [-0.15, -0.1) is 0 Å². The number of hydrogen-bond acceptors (Lipinski definition) is 16. The van der Waals surface area contributed by atoms with Gasteiger partial charge in [0.05, 0.1) is 42.3 Å². The fourth-order valence-corrected chi connectivity index (χ4v) is 6.84. The number of nitrogens with one attached hydrogen (secondary N) is 3. The Balaban J connectivity index is 1.29. The van der Waals surface area contributed by atoms with E-state index in [9.17, 15) is 28.8 Å². The highest BCUT2D eigenvalue weighted by Crippen LogP contribution is 2.32. The van der Waals surface area contributed by atoms with Crippen LogP contribution in [0.3, 0.4) is 0 Å². The van der Waals surface area contributed by atoms with Gasteiger partial charge >= 0.3 is 5.97 Å². The van der Waals surface area contributed by atoms with E-state index in [2.05, 4.69) is 40.9 Å². The molecule has 1 aromatic carbocycles. The van der Waals surface area contributed by atoms with E-state index in [4.69, 9.17) is 34.5 Å². The number of aromatic nitrogens is 7. The van der Waals surface area contributed by atoms with Gasteiger partial charge in [0, 0.05) is 58.1 Å². The number of oxazole rings is 2. The maximum absolute atomic E-state index is 13.7. The maximum atomic E-state index is 13.7. The maximum Gasteiger partial charge on any atom is 0.328 e. The van der Waals surface area contributed by atoms with Gasteiger partial charge in [-0.2, -0.15) is 0 Å². The lowest BCUT2D eigenvalue weighted by Gasteiger charge is -2.14. The summed E-state index contributed by atoms with van der Waals surface area (Å²) in [6.45, 7) is 11.0. The lowest BCUT2D eigenvalue weighted by Crippen LogP contribution is -2.40. The molecule has 1 unspecified atom stereocenters. The van der Waals surface area contributed by atoms with Crippen LogP contribution in [0.15, 0.2) is 45.4 Å². The Hall–Kier alpha value is -7.95. The molecule has 5 amide bonds. The lowest BCUT2D eigenvalue weighted by molar-refractivity contribution is -0.147. The molecule has 5 aromatic heterocycles. The van der Waals surface area contributed by atoms with Crippen LogP contribution in [0.4, 0.5) is 11.9 Å². The van der Waals surface area contributed by atoms with Crippen molar-refractivity contribution in [3.8, 4) is 5.75 Å². The van der Waals surface area contributed by atoms with Crippen LogP contribution in [-0.2, 0) is 45.0 Å². The van der Waals surface area contributed by atoms with E-state index in [1.54, 1.807) is 35.1 Å². The lowest BCUT2D eigenvalue weighted by atomic mass is 10.1. The SMILES string of the molecule is CCOCCC(=O)NC(C)C(=O)OCCCOc1cc(C(N)=O)cc2nc(NC(=O)c3oc(C)nc3CC)n(C/C=C/Cn3c(NC(=O)c4oc(C)nc4CC)nc4cc(C(N)=O)cnc43)c12. The Morgan fingerprint density at radius 3 is 1.94 bits per heavy atom. The van der Waals surface area contributed by atoms with Gasteiger partial charge in [-0.3, -0.25) is 39.2 Å². The summed E-state index contributed by atoms with van der Waals surface area (Å²) in [5.41, 5.74) is 13.5. The van der Waals surface area contributed by atoms with Crippen molar-refractivity contribution in [2.45, 2.75) is 86.4 Å². The van der Waals surface area contributed by atoms with E-state index < -0.39 is 35.6 Å². The number of allylic oxidation sites excluding steroid dienone is 2. The molecule has 0 saturated carbocycles. The number of carbonyl (C=O) groups is 6. The molecule has 67 heavy (non-hydrogen) atoms. The van der Waals surface area contributed by atoms with Crippen molar-refractivity contribution < 1.29 is 51.8 Å². The van der Waals surface area contributed by atoms with Gasteiger partial charge in [0.25, 0.3) is 11.8 Å². The molecule has 1 atom stereocenters. The second-order valence-electron chi connectivity index (χ2n) is 14.9. The number of hydrogen-bond donors (Lipinski definition) is 5. The molecule has 0 saturated heterocycles. The van der Waals surface area contributed by atoms with E-state index in [0.717, 1.165) is 0 Å². The van der Waals surface area contributed by atoms with E-state index in [-0.39, 0.29) is 103 Å². The third kappa shape index (κ3) is 11.7. The van der Waals surface area contributed by atoms with E-state index in [0.29, 0.717) is 53.8 Å². The number of anilines is 2. The van der Waals surface area contributed by atoms with Crippen molar-refractivity contribution in [3.63, 3.8) is 0 Å². The second-order valence-corrected chi connectivity index (χ2v) is 14.9. The Bertz CT molecular complexity index is 2850. The normalized spacial score (nSPS) is 11.9. The first-order valence-electron chi connectivity index (χ1n) is 21.5. The minimum atomic E-state index is -0.895. The molecular formula is C44H52N12O11. The molecule has 0 aliphatic rings. The van der Waals surface area contributed by atoms with Gasteiger partial charge in [-0.05, 0) is 44.9 Å². The predicted molar refractivity (Wildman–Crippen MR) is 240 cm³/mol. The highest BCUT2D eigenvalue weighted by Gasteiger charge is 2.25. The average Bonchev–Trinajstić information content (AvgIpc) is 4.06. The molecule has 0 aliphatic carbocycles. The molecule has 23 heteroatoms. The fraction of sp³-hybridized carbons (Fsp3) is 0.386. The first-order chi connectivity index (χ1) is 32.1. The zero-order valence-corrected chi connectivity index (χ0v) is 37.9. The first kappa shape index (κ1) is 48.5. The number of pyridine rings is 1. The number of esters is 1. The number of rotatable bonds is 23. The highest BCUT2D eigenvalue weighted by atomic mass is 16.5. The summed E-state index contributed by atoms with van der Waals surface area (Å²) in [5, 5.41) is 8.17. The zero-order chi connectivity index (χ0) is 48.4. The van der Waals surface area contributed by atoms with E-state index in [1.165, 1.54) is 31.3 Å². The molecule has 0 radical (unpaired) electrons. The van der Waals surface area contributed by atoms with Crippen LogP contribution < -0.4 is 32.2 Å². The monoisotopic (exact) mass is 924 g/mol. The number of benzene rings is 1. The summed E-state index contributed by atoms with van der Waals surface area (Å²) in [4.78, 5) is 98.7. The topological polar surface area (TPSA) is 319 Å². The molecule has 6 rings (SSSR count). The number of ether oxygens (including phenoxy) is 3. The van der Waals surface area contributed by atoms with Crippen molar-refractivity contribution in [1.29, 1.82) is 0 Å². The van der Waals surface area contributed by atoms with Gasteiger partial charge in [0.15, 0.2) is 17.4 Å². The van der Waals surface area contributed by atoms with Gasteiger partial charge in [0.2, 0.25) is 41.1 Å². The number of fused-ring (bicyclic) bond motifs is 2. The number of aryl methyl sites for hydroxylation is 4. The van der Waals surface area contributed by atoms with Crippen molar-refractivity contribution in [2.75, 3.05) is 37.1 Å². The largest absolute Gasteiger partial charge is 0.491 e. The van der Waals surface area contributed by atoms with Gasteiger partial charge in [0.1, 0.15) is 22.8 Å². The smallest absolute Gasteiger partial charge is 0.328 e. The molecule has 0 bridgehead atoms. The fourth-order valence-electron chi connectivity index (χ4n) is 6.84. The Morgan fingerprint density at radius 2 is 1.34 bits per heavy atom. The van der Waals surface area contributed by atoms with Gasteiger partial charge < -0.3 is 44.4 Å². The summed E-state index contributed by atoms with van der Waals surface area (Å²) >= 11 is 0. The minimum Gasteiger partial charge on any atom is -0.491 e. The summed E-state index contributed by atoms with van der Waals surface area (Å²) in [5.74, 6) is -2.75. The molecule has 0 spiro atoms. The van der Waals surface area contributed by atoms with Gasteiger partial charge in [-0.1, -0.05) is 26.0 Å². The number of amides is 5. The number of nitrogens with two attached hydrogens (primary N) is 2. The van der Waals surface area contributed by atoms with Crippen LogP contribution in [0.25, 0.3) is 22.2 Å². The average molecular weight is 925 g/mol. The van der Waals surface area contributed by atoms with Gasteiger partial charge in [-0.25, -0.2) is 29.7 Å². The summed E-state index contributed by atoms with van der Waals surface area (Å²) in [6.07, 6.45) is 5.97. The number of nitrogens with zero attached hydrogens (tertiary/aromatic N) is 7. The molecular weight excluding hydrogens is 873 g/mol. The highest BCUT2D eigenvalue weighted by molar-refractivity contribution is 6.05. The number of imidazole rings is 2. The predicted octanol–water partition coefficient (Wildman–Crippen LogP) is 3.70. The molecule has 0 aliphatic heterocycles. The van der Waals surface area contributed by atoms with E-state index >= 15 is 0 Å². The third-order valence-corrected chi connectivity index (χ3v) is 10.0. The minimum absolute atomic E-state index is 0.000338. The Morgan fingerprint density at radius 1 is 0.761 bits per heavy atom. The number of carbonyl (C=O) groups excluding carboxylic acids is 6. The van der Waals surface area contributed by atoms with Crippen LogP contribution in [0.2, 0.25) is 0 Å². The Labute approximate surface area is 383 Å². The van der Waals surface area contributed by atoms with Crippen molar-refractivity contribution >= 4 is 69.6 Å². The molecule has 7 N–H and O–H groups in total. The van der Waals surface area contributed by atoms with Crippen molar-refractivity contribution in [1.82, 2.24) is 39.4 Å². The molecule has 0 fully saturated rings. The summed E-state index contributed by atoms with van der Waals surface area (Å²) in [6, 6.07) is 3.47. The van der Waals surface area contributed by atoms with Crippen LogP contribution >= 0.6 is 0 Å². The van der Waals surface area contributed by atoms with E-state index in [1.807, 2.05) is 20.8 Å². The molecule has 5 heterocycles. The third-order valence-electron chi connectivity index (χ3n) is 10.0. The van der Waals surface area contributed by atoms with Crippen LogP contribution in [0.1, 0.15) is 106 Å². The molecule has 6 aromatic rings. The quantitative estimate of drug-likeness (QED) is 0.0347. The second kappa shape index (κ2) is 21.8. The first-order valence-corrected chi connectivity index (χ1v) is 21.5. The summed E-state index contributed by atoms with van der Waals surface area (Å²) < 4.78 is 31.2. The Kier molecular flexibility index (Phi) is 15.8.